The van der Waals surface area contributed by atoms with Gasteiger partial charge in [-0.25, -0.2) is 4.79 Å². The number of amides is 2. The Kier molecular flexibility index (Phi) is 4.88. The van der Waals surface area contributed by atoms with E-state index in [1.807, 2.05) is 18.0 Å². The van der Waals surface area contributed by atoms with Crippen LogP contribution in [-0.2, 0) is 19.9 Å². The van der Waals surface area contributed by atoms with E-state index in [-0.39, 0.29) is 12.1 Å². The van der Waals surface area contributed by atoms with Crippen molar-refractivity contribution in [1.29, 1.82) is 0 Å². The first kappa shape index (κ1) is 19.6. The average molecular weight is 422 g/mol. The normalized spacial score (nSPS) is 18.4. The maximum atomic E-state index is 12.9. The summed E-state index contributed by atoms with van der Waals surface area (Å²) in [7, 11) is 3.41. The molecule has 1 N–H and O–H groups in total. The summed E-state index contributed by atoms with van der Waals surface area (Å²) in [6.45, 7) is 3.98. The summed E-state index contributed by atoms with van der Waals surface area (Å²) in [6, 6.07) is 6.61. The predicted molar refractivity (Wildman–Crippen MR) is 119 cm³/mol. The highest BCUT2D eigenvalue weighted by molar-refractivity contribution is 5.90. The van der Waals surface area contributed by atoms with Gasteiger partial charge in [0, 0.05) is 38.4 Å². The lowest BCUT2D eigenvalue weighted by Gasteiger charge is -2.40. The fourth-order valence-electron chi connectivity index (χ4n) is 4.61. The number of hydrogen-bond donors (Lipinski definition) is 1. The Bertz CT molecular complexity index is 1140. The van der Waals surface area contributed by atoms with Crippen molar-refractivity contribution in [2.24, 2.45) is 7.05 Å². The number of benzene rings is 1. The van der Waals surface area contributed by atoms with Gasteiger partial charge in [-0.2, -0.15) is 15.1 Å². The number of nitrogens with zero attached hydrogens (tertiary/aromatic N) is 6. The molecule has 1 aliphatic carbocycles. The molecule has 3 heterocycles. The number of piperazine rings is 1. The highest BCUT2D eigenvalue weighted by atomic mass is 16.5. The molecule has 9 heteroatoms. The topological polar surface area (TPSA) is 88.4 Å². The molecular formula is C22H27N7O2. The number of aromatic nitrogens is 4. The molecule has 1 fully saturated rings. The van der Waals surface area contributed by atoms with Gasteiger partial charge in [-0.05, 0) is 49.4 Å². The zero-order valence-electron chi connectivity index (χ0n) is 18.1. The van der Waals surface area contributed by atoms with Gasteiger partial charge in [-0.15, -0.1) is 0 Å². The molecule has 31 heavy (non-hydrogen) atoms. The number of ether oxygens (including phenoxy) is 1. The van der Waals surface area contributed by atoms with E-state index in [2.05, 4.69) is 44.3 Å². The summed E-state index contributed by atoms with van der Waals surface area (Å²) < 4.78 is 7.02. The van der Waals surface area contributed by atoms with Crippen molar-refractivity contribution in [1.82, 2.24) is 24.6 Å². The number of rotatable bonds is 3. The molecule has 5 rings (SSSR count). The number of urea groups is 1. The van der Waals surface area contributed by atoms with E-state index < -0.39 is 0 Å². The molecule has 1 unspecified atom stereocenters. The highest BCUT2D eigenvalue weighted by Crippen LogP contribution is 2.29. The lowest BCUT2D eigenvalue weighted by molar-refractivity contribution is 0.200. The van der Waals surface area contributed by atoms with Gasteiger partial charge >= 0.3 is 12.0 Å². The number of anilines is 2. The first-order chi connectivity index (χ1) is 15.0. The molecule has 0 radical (unpaired) electrons. The molecular weight excluding hydrogens is 394 g/mol. The third-order valence-electron chi connectivity index (χ3n) is 6.27. The first-order valence-electron chi connectivity index (χ1n) is 10.7. The van der Waals surface area contributed by atoms with Gasteiger partial charge in [0.1, 0.15) is 5.82 Å². The number of methoxy groups -OCH3 is 1. The number of carbonyl (C=O) groups is 1. The fourth-order valence-corrected chi connectivity index (χ4v) is 4.61. The largest absolute Gasteiger partial charge is 0.467 e. The van der Waals surface area contributed by atoms with E-state index >= 15 is 0 Å². The first-order valence-corrected chi connectivity index (χ1v) is 10.7. The average Bonchev–Trinajstić information content (AvgIpc) is 3.39. The summed E-state index contributed by atoms with van der Waals surface area (Å²) in [4.78, 5) is 26.0. The summed E-state index contributed by atoms with van der Waals surface area (Å²) in [6.07, 6.45) is 5.22. The second-order valence-corrected chi connectivity index (χ2v) is 8.29. The lowest BCUT2D eigenvalue weighted by Crippen LogP contribution is -2.55. The Morgan fingerprint density at radius 1 is 1.19 bits per heavy atom. The molecule has 1 atom stereocenters. The molecule has 9 nitrogen and oxygen atoms in total. The third-order valence-corrected chi connectivity index (χ3v) is 6.27. The van der Waals surface area contributed by atoms with Crippen LogP contribution in [0, 0.1) is 0 Å². The minimum atomic E-state index is -0.0590. The Morgan fingerprint density at radius 2 is 2.03 bits per heavy atom. The van der Waals surface area contributed by atoms with Crippen LogP contribution in [0.1, 0.15) is 24.5 Å². The van der Waals surface area contributed by atoms with Crippen LogP contribution in [0.3, 0.4) is 0 Å². The molecule has 162 valence electrons. The highest BCUT2D eigenvalue weighted by Gasteiger charge is 2.30. The summed E-state index contributed by atoms with van der Waals surface area (Å²) in [5.74, 6) is 0.793. The summed E-state index contributed by atoms with van der Waals surface area (Å²) in [5, 5.41) is 8.28. The molecule has 1 saturated heterocycles. The van der Waals surface area contributed by atoms with E-state index in [1.165, 1.54) is 17.5 Å². The Morgan fingerprint density at radius 3 is 2.84 bits per heavy atom. The second kappa shape index (κ2) is 7.72. The molecule has 3 aromatic rings. The second-order valence-electron chi connectivity index (χ2n) is 8.29. The maximum Gasteiger partial charge on any atom is 0.321 e. The van der Waals surface area contributed by atoms with Crippen molar-refractivity contribution in [3.63, 3.8) is 0 Å². The van der Waals surface area contributed by atoms with Gasteiger partial charge in [0.2, 0.25) is 0 Å². The molecule has 0 saturated carbocycles. The van der Waals surface area contributed by atoms with Crippen LogP contribution in [0.2, 0.25) is 0 Å². The summed E-state index contributed by atoms with van der Waals surface area (Å²) in [5.41, 5.74) is 4.36. The van der Waals surface area contributed by atoms with Gasteiger partial charge < -0.3 is 19.9 Å². The van der Waals surface area contributed by atoms with Crippen LogP contribution in [0.15, 0.2) is 24.4 Å². The molecule has 2 aromatic heterocycles. The van der Waals surface area contributed by atoms with Gasteiger partial charge in [-0.1, -0.05) is 6.07 Å². The zero-order valence-corrected chi connectivity index (χ0v) is 18.1. The third kappa shape index (κ3) is 3.54. The SMILES string of the molecule is COc1nc(N2CCN(C(=O)Nc3ccc4c(c3)CCC4)CC2C)c2cnn(C)c2n1. The minimum Gasteiger partial charge on any atom is -0.467 e. The predicted octanol–water partition coefficient (Wildman–Crippen LogP) is 2.60. The standard InChI is InChI=1S/C22H27N7O2/c1-14-13-28(22(30)24-17-8-7-15-5-4-6-16(15)11-17)9-10-29(14)20-18-12-23-27(2)19(18)25-21(26-20)31-3/h7-8,11-12,14H,4-6,9-10,13H2,1-3H3,(H,24,30). The van der Waals surface area contributed by atoms with E-state index in [4.69, 9.17) is 4.74 Å². The van der Waals surface area contributed by atoms with Crippen molar-refractivity contribution >= 4 is 28.6 Å². The Balaban J connectivity index is 1.31. The molecule has 0 bridgehead atoms. The van der Waals surface area contributed by atoms with Gasteiger partial charge in [-0.3, -0.25) is 4.68 Å². The quantitative estimate of drug-likeness (QED) is 0.699. The molecule has 2 aliphatic rings. The Labute approximate surface area is 181 Å². The monoisotopic (exact) mass is 421 g/mol. The number of fused-ring (bicyclic) bond motifs is 2. The van der Waals surface area contributed by atoms with Gasteiger partial charge in [0.05, 0.1) is 18.7 Å². The van der Waals surface area contributed by atoms with Crippen LogP contribution < -0.4 is 15.0 Å². The van der Waals surface area contributed by atoms with E-state index in [0.717, 1.165) is 35.4 Å². The number of aryl methyl sites for hydroxylation is 3. The van der Waals surface area contributed by atoms with Gasteiger partial charge in [0.15, 0.2) is 5.65 Å². The van der Waals surface area contributed by atoms with Crippen molar-refractivity contribution in [3.05, 3.63) is 35.5 Å². The lowest BCUT2D eigenvalue weighted by atomic mass is 10.1. The van der Waals surface area contributed by atoms with Crippen molar-refractivity contribution in [2.45, 2.75) is 32.2 Å². The van der Waals surface area contributed by atoms with Gasteiger partial charge in [0.25, 0.3) is 0 Å². The Hall–Kier alpha value is -3.36. The van der Waals surface area contributed by atoms with Crippen LogP contribution in [0.4, 0.5) is 16.3 Å². The molecule has 1 aromatic carbocycles. The van der Waals surface area contributed by atoms with Crippen LogP contribution in [0.25, 0.3) is 11.0 Å². The zero-order chi connectivity index (χ0) is 21.5. The number of nitrogens with one attached hydrogen (secondary N) is 1. The summed E-state index contributed by atoms with van der Waals surface area (Å²) >= 11 is 0. The fraction of sp³-hybridized carbons (Fsp3) is 0.455. The maximum absolute atomic E-state index is 12.9. The van der Waals surface area contributed by atoms with E-state index in [0.29, 0.717) is 25.6 Å². The minimum absolute atomic E-state index is 0.0590. The van der Waals surface area contributed by atoms with Crippen molar-refractivity contribution in [2.75, 3.05) is 37.0 Å². The van der Waals surface area contributed by atoms with Crippen molar-refractivity contribution < 1.29 is 9.53 Å². The number of hydrogen-bond acceptors (Lipinski definition) is 6. The molecule has 2 amide bonds. The molecule has 0 spiro atoms. The van der Waals surface area contributed by atoms with Crippen LogP contribution in [-0.4, -0.2) is 63.5 Å². The smallest absolute Gasteiger partial charge is 0.321 e. The van der Waals surface area contributed by atoms with Crippen LogP contribution >= 0.6 is 0 Å². The number of carbonyl (C=O) groups excluding carboxylic acids is 1. The molecule has 1 aliphatic heterocycles. The van der Waals surface area contributed by atoms with Crippen LogP contribution in [0.5, 0.6) is 6.01 Å². The van der Waals surface area contributed by atoms with Crippen molar-refractivity contribution in [3.8, 4) is 6.01 Å². The van der Waals surface area contributed by atoms with E-state index in [9.17, 15) is 4.79 Å². The van der Waals surface area contributed by atoms with E-state index in [1.54, 1.807) is 18.0 Å².